The van der Waals surface area contributed by atoms with Gasteiger partial charge in [-0.1, -0.05) is 11.8 Å². The molecule has 1 N–H and O–H groups in total. The van der Waals surface area contributed by atoms with Gasteiger partial charge in [0.25, 0.3) is 5.22 Å². The van der Waals surface area contributed by atoms with Gasteiger partial charge >= 0.3 is 0 Å². The van der Waals surface area contributed by atoms with Gasteiger partial charge in [-0.2, -0.15) is 0 Å². The first-order valence-electron chi connectivity index (χ1n) is 7.32. The van der Waals surface area contributed by atoms with E-state index in [0.717, 1.165) is 17.7 Å². The number of hydrogen-bond donors (Lipinski definition) is 1. The van der Waals surface area contributed by atoms with Crippen LogP contribution in [0.3, 0.4) is 0 Å². The number of thiazole rings is 1. The molecule has 3 heterocycles. The lowest BCUT2D eigenvalue weighted by Gasteiger charge is -2.02. The van der Waals surface area contributed by atoms with Crippen LogP contribution in [0.5, 0.6) is 0 Å². The monoisotopic (exact) mass is 361 g/mol. The SMILES string of the molecule is O=C(CCSc1nnc(-c2ccncc2)o1)NCCc1cscn1. The van der Waals surface area contributed by atoms with E-state index < -0.39 is 0 Å². The van der Waals surface area contributed by atoms with Crippen molar-refractivity contribution in [1.29, 1.82) is 0 Å². The summed E-state index contributed by atoms with van der Waals surface area (Å²) in [5, 5.41) is 13.3. The van der Waals surface area contributed by atoms with Gasteiger partial charge < -0.3 is 9.73 Å². The number of rotatable bonds is 8. The summed E-state index contributed by atoms with van der Waals surface area (Å²) in [7, 11) is 0. The molecule has 124 valence electrons. The second-order valence-electron chi connectivity index (χ2n) is 4.79. The van der Waals surface area contributed by atoms with Gasteiger partial charge in [-0.05, 0) is 12.1 Å². The number of hydrogen-bond acceptors (Lipinski definition) is 8. The number of aromatic nitrogens is 4. The predicted octanol–water partition coefficient (Wildman–Crippen LogP) is 2.43. The highest BCUT2D eigenvalue weighted by Crippen LogP contribution is 2.22. The van der Waals surface area contributed by atoms with Crippen LogP contribution in [0, 0.1) is 0 Å². The van der Waals surface area contributed by atoms with Gasteiger partial charge in [-0.15, -0.1) is 21.5 Å². The van der Waals surface area contributed by atoms with Crippen molar-refractivity contribution in [2.75, 3.05) is 12.3 Å². The van der Waals surface area contributed by atoms with Gasteiger partial charge in [0.1, 0.15) is 0 Å². The normalized spacial score (nSPS) is 10.7. The minimum absolute atomic E-state index is 0.00611. The molecular weight excluding hydrogens is 346 g/mol. The van der Waals surface area contributed by atoms with E-state index in [1.165, 1.54) is 11.8 Å². The van der Waals surface area contributed by atoms with Crippen molar-refractivity contribution in [2.24, 2.45) is 0 Å². The van der Waals surface area contributed by atoms with Gasteiger partial charge in [0.05, 0.1) is 11.2 Å². The topological polar surface area (TPSA) is 93.8 Å². The summed E-state index contributed by atoms with van der Waals surface area (Å²) >= 11 is 2.92. The van der Waals surface area contributed by atoms with E-state index in [9.17, 15) is 4.79 Å². The molecular formula is C15H15N5O2S2. The number of carbonyl (C=O) groups excluding carboxylic acids is 1. The molecule has 0 unspecified atom stereocenters. The van der Waals surface area contributed by atoms with Crippen LogP contribution in [0.15, 0.2) is 45.1 Å². The van der Waals surface area contributed by atoms with E-state index in [4.69, 9.17) is 4.42 Å². The Kier molecular flexibility index (Phi) is 5.91. The van der Waals surface area contributed by atoms with Crippen molar-refractivity contribution in [2.45, 2.75) is 18.1 Å². The Balaban J connectivity index is 1.37. The maximum atomic E-state index is 11.8. The van der Waals surface area contributed by atoms with Crippen molar-refractivity contribution in [3.63, 3.8) is 0 Å². The highest BCUT2D eigenvalue weighted by atomic mass is 32.2. The molecule has 0 spiro atoms. The molecule has 1 amide bonds. The third-order valence-corrected chi connectivity index (χ3v) is 4.53. The zero-order chi connectivity index (χ0) is 16.6. The Bertz CT molecular complexity index is 761. The van der Waals surface area contributed by atoms with Crippen molar-refractivity contribution < 1.29 is 9.21 Å². The molecule has 9 heteroatoms. The standard InChI is InChI=1S/C15H15N5O2S2/c21-13(17-7-3-12-9-23-10-18-12)4-8-24-15-20-19-14(22-15)11-1-5-16-6-2-11/h1-2,5-6,9-10H,3-4,7-8H2,(H,17,21). The van der Waals surface area contributed by atoms with Crippen molar-refractivity contribution in [3.05, 3.63) is 41.1 Å². The first-order chi connectivity index (χ1) is 11.8. The molecule has 3 aromatic rings. The minimum Gasteiger partial charge on any atom is -0.411 e. The lowest BCUT2D eigenvalue weighted by Crippen LogP contribution is -2.25. The molecule has 0 aliphatic carbocycles. The van der Waals surface area contributed by atoms with Crippen LogP contribution in [-0.4, -0.2) is 38.4 Å². The van der Waals surface area contributed by atoms with Crippen LogP contribution in [0.25, 0.3) is 11.5 Å². The molecule has 0 fully saturated rings. The molecule has 7 nitrogen and oxygen atoms in total. The molecule has 24 heavy (non-hydrogen) atoms. The molecule has 0 aliphatic heterocycles. The van der Waals surface area contributed by atoms with E-state index in [1.54, 1.807) is 41.4 Å². The summed E-state index contributed by atoms with van der Waals surface area (Å²) in [6.07, 6.45) is 4.49. The summed E-state index contributed by atoms with van der Waals surface area (Å²) < 4.78 is 5.56. The van der Waals surface area contributed by atoms with Gasteiger partial charge in [0.2, 0.25) is 11.8 Å². The summed E-state index contributed by atoms with van der Waals surface area (Å²) in [4.78, 5) is 19.9. The summed E-state index contributed by atoms with van der Waals surface area (Å²) in [5.74, 6) is 1.04. The highest BCUT2D eigenvalue weighted by Gasteiger charge is 2.09. The van der Waals surface area contributed by atoms with E-state index in [1.807, 2.05) is 5.38 Å². The van der Waals surface area contributed by atoms with Crippen molar-refractivity contribution in [1.82, 2.24) is 25.5 Å². The number of thioether (sulfide) groups is 1. The van der Waals surface area contributed by atoms with Crippen LogP contribution < -0.4 is 5.32 Å². The van der Waals surface area contributed by atoms with Crippen molar-refractivity contribution in [3.8, 4) is 11.5 Å². The fourth-order valence-electron chi connectivity index (χ4n) is 1.89. The van der Waals surface area contributed by atoms with Crippen molar-refractivity contribution >= 4 is 29.0 Å². The maximum Gasteiger partial charge on any atom is 0.276 e. The van der Waals surface area contributed by atoms with Gasteiger partial charge in [-0.3, -0.25) is 9.78 Å². The smallest absolute Gasteiger partial charge is 0.276 e. The Morgan fingerprint density at radius 2 is 2.17 bits per heavy atom. The summed E-state index contributed by atoms with van der Waals surface area (Å²) in [5.41, 5.74) is 3.62. The summed E-state index contributed by atoms with van der Waals surface area (Å²) in [6.45, 7) is 0.597. The maximum absolute atomic E-state index is 11.8. The Morgan fingerprint density at radius 3 is 2.96 bits per heavy atom. The number of amides is 1. The van der Waals surface area contributed by atoms with Gasteiger partial charge in [0.15, 0.2) is 0 Å². The summed E-state index contributed by atoms with van der Waals surface area (Å²) in [6, 6.07) is 3.61. The number of pyridine rings is 1. The second kappa shape index (κ2) is 8.55. The van der Waals surface area contributed by atoms with E-state index in [0.29, 0.717) is 29.8 Å². The Labute approximate surface area is 146 Å². The highest BCUT2D eigenvalue weighted by molar-refractivity contribution is 7.99. The lowest BCUT2D eigenvalue weighted by atomic mass is 10.3. The molecule has 0 aliphatic rings. The zero-order valence-electron chi connectivity index (χ0n) is 12.7. The number of nitrogens with one attached hydrogen (secondary N) is 1. The van der Waals surface area contributed by atoms with Gasteiger partial charge in [-0.25, -0.2) is 4.98 Å². The fourth-order valence-corrected chi connectivity index (χ4v) is 3.18. The minimum atomic E-state index is 0.00611. The van der Waals surface area contributed by atoms with Crippen LogP contribution in [-0.2, 0) is 11.2 Å². The average molecular weight is 361 g/mol. The molecule has 0 atom stereocenters. The van der Waals surface area contributed by atoms with E-state index in [2.05, 4.69) is 25.5 Å². The van der Waals surface area contributed by atoms with Crippen LogP contribution in [0.2, 0.25) is 0 Å². The molecule has 0 radical (unpaired) electrons. The average Bonchev–Trinajstić information content (AvgIpc) is 3.28. The van der Waals surface area contributed by atoms with Gasteiger partial charge in [0, 0.05) is 48.5 Å². The largest absolute Gasteiger partial charge is 0.411 e. The molecule has 0 saturated carbocycles. The Morgan fingerprint density at radius 1 is 1.29 bits per heavy atom. The number of carbonyl (C=O) groups is 1. The molecule has 0 saturated heterocycles. The Hall–Kier alpha value is -2.26. The lowest BCUT2D eigenvalue weighted by molar-refractivity contribution is -0.120. The van der Waals surface area contributed by atoms with Crippen LogP contribution in [0.1, 0.15) is 12.1 Å². The number of nitrogens with zero attached hydrogens (tertiary/aromatic N) is 4. The zero-order valence-corrected chi connectivity index (χ0v) is 14.3. The third-order valence-electron chi connectivity index (χ3n) is 3.08. The quantitative estimate of drug-likeness (QED) is 0.616. The first kappa shape index (κ1) is 16.6. The van der Waals surface area contributed by atoms with E-state index in [-0.39, 0.29) is 5.91 Å². The van der Waals surface area contributed by atoms with Crippen LogP contribution >= 0.6 is 23.1 Å². The molecule has 0 aromatic carbocycles. The third kappa shape index (κ3) is 4.87. The first-order valence-corrected chi connectivity index (χ1v) is 9.24. The fraction of sp³-hybridized carbons (Fsp3) is 0.267. The van der Waals surface area contributed by atoms with Crippen LogP contribution in [0.4, 0.5) is 0 Å². The molecule has 0 bridgehead atoms. The second-order valence-corrected chi connectivity index (χ2v) is 6.55. The molecule has 3 rings (SSSR count). The van der Waals surface area contributed by atoms with E-state index >= 15 is 0 Å². The molecule has 3 aromatic heterocycles. The predicted molar refractivity (Wildman–Crippen MR) is 91.7 cm³/mol.